The van der Waals surface area contributed by atoms with Crippen molar-refractivity contribution in [3.8, 4) is 0 Å². The minimum absolute atomic E-state index is 0.243. The van der Waals surface area contributed by atoms with E-state index in [0.717, 1.165) is 64.8 Å². The van der Waals surface area contributed by atoms with E-state index in [1.54, 1.807) is 11.3 Å². The van der Waals surface area contributed by atoms with Crippen LogP contribution in [0.4, 0.5) is 11.6 Å². The van der Waals surface area contributed by atoms with Crippen molar-refractivity contribution in [3.05, 3.63) is 47.0 Å². The van der Waals surface area contributed by atoms with Gasteiger partial charge in [-0.25, -0.2) is 4.98 Å². The summed E-state index contributed by atoms with van der Waals surface area (Å²) in [6.07, 6.45) is 0.807. The molecule has 0 bridgehead atoms. The van der Waals surface area contributed by atoms with E-state index in [0.29, 0.717) is 13.2 Å². The summed E-state index contributed by atoms with van der Waals surface area (Å²) in [7, 11) is 0. The van der Waals surface area contributed by atoms with Gasteiger partial charge in [0.05, 0.1) is 25.4 Å². The van der Waals surface area contributed by atoms with Crippen LogP contribution in [-0.4, -0.2) is 52.3 Å². The van der Waals surface area contributed by atoms with Crippen LogP contribution in [0.1, 0.15) is 30.5 Å². The topological polar surface area (TPSA) is 85.3 Å². The summed E-state index contributed by atoms with van der Waals surface area (Å²) in [5, 5.41) is 17.5. The number of morpholine rings is 1. The molecule has 8 nitrogen and oxygen atoms in total. The molecule has 5 heterocycles. The summed E-state index contributed by atoms with van der Waals surface area (Å²) in [6, 6.07) is 10.3. The standard InChI is InChI=1S/C24H26N6O2S/c1-24(2)12-16-17(14-32-24)22(30-8-10-31-11-9-30)26-23-18(16)19-20(33-23)21(28-29-27-19)25-13-15-6-4-3-5-7-15/h3-7H,8-14H2,1-2H3,(H,25,27,28). The van der Waals surface area contributed by atoms with E-state index in [1.165, 1.54) is 16.7 Å². The largest absolute Gasteiger partial charge is 0.378 e. The maximum atomic E-state index is 6.22. The lowest BCUT2D eigenvalue weighted by Gasteiger charge is -2.36. The van der Waals surface area contributed by atoms with Crippen LogP contribution in [0, 0.1) is 0 Å². The van der Waals surface area contributed by atoms with Crippen molar-refractivity contribution >= 4 is 43.4 Å². The van der Waals surface area contributed by atoms with Crippen molar-refractivity contribution in [2.24, 2.45) is 0 Å². The second kappa shape index (κ2) is 8.16. The van der Waals surface area contributed by atoms with Crippen molar-refractivity contribution < 1.29 is 9.47 Å². The van der Waals surface area contributed by atoms with E-state index in [-0.39, 0.29) is 5.60 Å². The van der Waals surface area contributed by atoms with Crippen LogP contribution < -0.4 is 10.2 Å². The van der Waals surface area contributed by atoms with Gasteiger partial charge in [-0.3, -0.25) is 0 Å². The number of nitrogens with one attached hydrogen (secondary N) is 1. The van der Waals surface area contributed by atoms with Gasteiger partial charge in [0.15, 0.2) is 5.82 Å². The highest BCUT2D eigenvalue weighted by atomic mass is 32.1. The molecule has 2 aliphatic heterocycles. The molecule has 3 aromatic heterocycles. The minimum Gasteiger partial charge on any atom is -0.378 e. The van der Waals surface area contributed by atoms with Crippen LogP contribution >= 0.6 is 11.3 Å². The fraction of sp³-hybridized carbons (Fsp3) is 0.417. The van der Waals surface area contributed by atoms with Crippen molar-refractivity contribution in [1.82, 2.24) is 20.4 Å². The van der Waals surface area contributed by atoms with Gasteiger partial charge < -0.3 is 19.7 Å². The van der Waals surface area contributed by atoms with E-state index in [1.807, 2.05) is 18.2 Å². The number of rotatable bonds is 4. The summed E-state index contributed by atoms with van der Waals surface area (Å²) < 4.78 is 12.8. The fourth-order valence-electron chi connectivity index (χ4n) is 4.65. The highest BCUT2D eigenvalue weighted by molar-refractivity contribution is 7.26. The molecule has 9 heteroatoms. The van der Waals surface area contributed by atoms with Crippen molar-refractivity contribution in [2.45, 2.75) is 39.0 Å². The number of nitrogens with zero attached hydrogens (tertiary/aromatic N) is 5. The summed E-state index contributed by atoms with van der Waals surface area (Å²) >= 11 is 1.64. The molecule has 0 amide bonds. The van der Waals surface area contributed by atoms with Crippen molar-refractivity contribution in [3.63, 3.8) is 0 Å². The first kappa shape index (κ1) is 20.7. The minimum atomic E-state index is -0.243. The van der Waals surface area contributed by atoms with Crippen molar-refractivity contribution in [1.29, 1.82) is 0 Å². The van der Waals surface area contributed by atoms with Crippen LogP contribution in [0.5, 0.6) is 0 Å². The van der Waals surface area contributed by atoms with Crippen LogP contribution in [0.3, 0.4) is 0 Å². The number of thiophene rings is 1. The van der Waals surface area contributed by atoms with E-state index in [9.17, 15) is 0 Å². The van der Waals surface area contributed by atoms with Crippen LogP contribution in [0.25, 0.3) is 20.4 Å². The number of fused-ring (bicyclic) bond motifs is 5. The molecular weight excluding hydrogens is 436 g/mol. The maximum Gasteiger partial charge on any atom is 0.170 e. The molecule has 1 N–H and O–H groups in total. The van der Waals surface area contributed by atoms with Gasteiger partial charge in [0.2, 0.25) is 0 Å². The normalized spacial score (nSPS) is 17.9. The first-order valence-electron chi connectivity index (χ1n) is 11.3. The molecule has 2 aliphatic rings. The highest BCUT2D eigenvalue weighted by Gasteiger charge is 2.33. The Balaban J connectivity index is 1.50. The van der Waals surface area contributed by atoms with E-state index >= 15 is 0 Å². The zero-order valence-corrected chi connectivity index (χ0v) is 19.6. The number of pyridine rings is 1. The SMILES string of the molecule is CC1(C)Cc2c(c(N3CCOCC3)nc3sc4c(NCc5ccccc5)nnnc4c23)CO1. The Morgan fingerprint density at radius 3 is 2.73 bits per heavy atom. The number of hydrogen-bond donors (Lipinski definition) is 1. The van der Waals surface area contributed by atoms with Gasteiger partial charge in [0, 0.05) is 37.0 Å². The molecule has 1 saturated heterocycles. The second-order valence-corrected chi connectivity index (χ2v) is 10.2. The maximum absolute atomic E-state index is 6.22. The average Bonchev–Trinajstić information content (AvgIpc) is 3.22. The molecule has 0 spiro atoms. The second-order valence-electron chi connectivity index (χ2n) is 9.15. The highest BCUT2D eigenvalue weighted by Crippen LogP contribution is 2.43. The molecule has 1 aromatic carbocycles. The molecule has 0 aliphatic carbocycles. The first-order chi connectivity index (χ1) is 16.1. The molecule has 33 heavy (non-hydrogen) atoms. The number of anilines is 2. The number of benzene rings is 1. The third kappa shape index (κ3) is 3.80. The average molecular weight is 463 g/mol. The Bertz CT molecular complexity index is 1320. The number of ether oxygens (including phenoxy) is 2. The van der Waals surface area contributed by atoms with Gasteiger partial charge in [0.1, 0.15) is 20.9 Å². The lowest BCUT2D eigenvalue weighted by Crippen LogP contribution is -2.39. The van der Waals surface area contributed by atoms with E-state index in [4.69, 9.17) is 14.5 Å². The number of hydrogen-bond acceptors (Lipinski definition) is 9. The predicted octanol–water partition coefficient (Wildman–Crippen LogP) is 3.93. The monoisotopic (exact) mass is 462 g/mol. The summed E-state index contributed by atoms with van der Waals surface area (Å²) in [6.45, 7) is 8.62. The Labute approximate surface area is 195 Å². The van der Waals surface area contributed by atoms with Crippen molar-refractivity contribution in [2.75, 3.05) is 36.5 Å². The van der Waals surface area contributed by atoms with Gasteiger partial charge in [-0.05, 0) is 30.2 Å². The van der Waals surface area contributed by atoms with Gasteiger partial charge in [-0.2, -0.15) is 0 Å². The predicted molar refractivity (Wildman–Crippen MR) is 130 cm³/mol. The molecule has 0 unspecified atom stereocenters. The van der Waals surface area contributed by atoms with Gasteiger partial charge in [-0.15, -0.1) is 21.5 Å². The van der Waals surface area contributed by atoms with E-state index < -0.39 is 0 Å². The zero-order valence-electron chi connectivity index (χ0n) is 18.8. The summed E-state index contributed by atoms with van der Waals surface area (Å²) in [4.78, 5) is 8.45. The molecule has 0 atom stereocenters. The smallest absolute Gasteiger partial charge is 0.170 e. The lowest BCUT2D eigenvalue weighted by atomic mass is 9.90. The Morgan fingerprint density at radius 2 is 1.91 bits per heavy atom. The summed E-state index contributed by atoms with van der Waals surface area (Å²) in [5.41, 5.74) is 4.26. The van der Waals surface area contributed by atoms with Crippen LogP contribution in [0.15, 0.2) is 30.3 Å². The van der Waals surface area contributed by atoms with Gasteiger partial charge >= 0.3 is 0 Å². The zero-order chi connectivity index (χ0) is 22.4. The lowest BCUT2D eigenvalue weighted by molar-refractivity contribution is -0.0396. The van der Waals surface area contributed by atoms with Crippen LogP contribution in [0.2, 0.25) is 0 Å². The molecule has 0 radical (unpaired) electrons. The fourth-order valence-corrected chi connectivity index (χ4v) is 5.75. The Morgan fingerprint density at radius 1 is 1.09 bits per heavy atom. The molecule has 6 rings (SSSR count). The Hall–Kier alpha value is -2.88. The van der Waals surface area contributed by atoms with E-state index in [2.05, 4.69) is 51.6 Å². The molecule has 4 aromatic rings. The quantitative estimate of drug-likeness (QED) is 0.488. The third-order valence-corrected chi connectivity index (χ3v) is 7.42. The van der Waals surface area contributed by atoms with Gasteiger partial charge in [-0.1, -0.05) is 30.3 Å². The summed E-state index contributed by atoms with van der Waals surface area (Å²) in [5.74, 6) is 1.77. The third-order valence-electron chi connectivity index (χ3n) is 6.34. The Kier molecular flexibility index (Phi) is 5.12. The molecule has 170 valence electrons. The molecule has 1 fully saturated rings. The molecule has 0 saturated carbocycles. The van der Waals surface area contributed by atoms with Crippen LogP contribution in [-0.2, 0) is 29.0 Å². The van der Waals surface area contributed by atoms with Gasteiger partial charge in [0.25, 0.3) is 0 Å². The number of aromatic nitrogens is 4. The molecular formula is C24H26N6O2S. The first-order valence-corrected chi connectivity index (χ1v) is 12.1.